The van der Waals surface area contributed by atoms with Crippen molar-refractivity contribution in [3.63, 3.8) is 0 Å². The van der Waals surface area contributed by atoms with Crippen molar-refractivity contribution < 1.29 is 4.79 Å². The summed E-state index contributed by atoms with van der Waals surface area (Å²) in [6.07, 6.45) is 11.5. The van der Waals surface area contributed by atoms with Crippen LogP contribution in [0.3, 0.4) is 0 Å². The fourth-order valence-corrected chi connectivity index (χ4v) is 10.8. The van der Waals surface area contributed by atoms with Crippen molar-refractivity contribution in [1.82, 2.24) is 24.1 Å². The van der Waals surface area contributed by atoms with Gasteiger partial charge in [-0.15, -0.1) is 0 Å². The van der Waals surface area contributed by atoms with Gasteiger partial charge in [-0.3, -0.25) is 23.5 Å². The lowest BCUT2D eigenvalue weighted by atomic mass is 9.90. The molecule has 0 amide bonds. The SMILES string of the molecule is CC.CC.Cc1c(Nc2ccccc2)n(-c2ccccc2)c2nccc(C)c2c1=O.Cc1cc(C2CCCC2)c(C(=O)/C=C/Nc2ccccc2)c(N(C)c2ccccc2)n1.Cc1ccnc2c1c(=O)cc(N(C)c1ccccc1)n2-c1ccccc1. The van der Waals surface area contributed by atoms with Crippen LogP contribution in [0.1, 0.15) is 97.6 Å². The third kappa shape index (κ3) is 14.8. The first-order valence-corrected chi connectivity index (χ1v) is 30.0. The van der Waals surface area contributed by atoms with Crippen molar-refractivity contribution in [2.75, 3.05) is 34.5 Å². The molecule has 5 heterocycles. The van der Waals surface area contributed by atoms with Crippen molar-refractivity contribution in [1.29, 1.82) is 0 Å². The number of nitrogens with one attached hydrogen (secondary N) is 2. The fraction of sp³-hybridized carbons (Fsp3) is 0.200. The van der Waals surface area contributed by atoms with Crippen molar-refractivity contribution in [2.24, 2.45) is 0 Å². The lowest BCUT2D eigenvalue weighted by Crippen LogP contribution is -2.20. The van der Waals surface area contributed by atoms with Gasteiger partial charge in [0.15, 0.2) is 16.6 Å². The van der Waals surface area contributed by atoms with E-state index in [1.807, 2.05) is 283 Å². The van der Waals surface area contributed by atoms with Crippen LogP contribution in [0.2, 0.25) is 0 Å². The highest BCUT2D eigenvalue weighted by molar-refractivity contribution is 6.10. The summed E-state index contributed by atoms with van der Waals surface area (Å²) >= 11 is 0. The number of hydrogen-bond donors (Lipinski definition) is 2. The molecule has 1 fully saturated rings. The molecule has 0 unspecified atom stereocenters. The van der Waals surface area contributed by atoms with E-state index in [1.165, 1.54) is 12.8 Å². The fourth-order valence-electron chi connectivity index (χ4n) is 10.8. The topological polar surface area (TPSA) is 130 Å². The Morgan fingerprint density at radius 2 is 1.01 bits per heavy atom. The molecule has 0 radical (unpaired) electrons. The van der Waals surface area contributed by atoms with Gasteiger partial charge in [-0.1, -0.05) is 150 Å². The van der Waals surface area contributed by atoms with Gasteiger partial charge < -0.3 is 20.4 Å². The Hall–Kier alpha value is -10.2. The van der Waals surface area contributed by atoms with Crippen molar-refractivity contribution in [3.05, 3.63) is 285 Å². The second-order valence-electron chi connectivity index (χ2n) is 20.7. The summed E-state index contributed by atoms with van der Waals surface area (Å²) in [7, 11) is 3.95. The monoisotopic (exact) mass is 1150 g/mol. The number of benzene rings is 6. The second-order valence-corrected chi connectivity index (χ2v) is 20.7. The largest absolute Gasteiger partial charge is 0.362 e. The van der Waals surface area contributed by atoms with Gasteiger partial charge in [-0.25, -0.2) is 15.0 Å². The molecule has 0 saturated heterocycles. The number of carbonyl (C=O) groups excluding carboxylic acids is 1. The Labute approximate surface area is 512 Å². The zero-order valence-corrected chi connectivity index (χ0v) is 51.7. The molecular weight excluding hydrogens is 1070 g/mol. The van der Waals surface area contributed by atoms with Gasteiger partial charge in [0.05, 0.1) is 16.3 Å². The minimum atomic E-state index is -0.0180. The molecule has 87 heavy (non-hydrogen) atoms. The number of fused-ring (bicyclic) bond motifs is 2. The molecule has 5 aromatic heterocycles. The minimum Gasteiger partial charge on any atom is -0.362 e. The van der Waals surface area contributed by atoms with E-state index in [-0.39, 0.29) is 16.6 Å². The number of nitrogens with zero attached hydrogens (tertiary/aromatic N) is 7. The molecule has 12 rings (SSSR count). The second kappa shape index (κ2) is 30.6. The number of ketones is 1. The van der Waals surface area contributed by atoms with Crippen molar-refractivity contribution in [2.45, 2.75) is 87.0 Å². The number of aryl methyl sites for hydroxylation is 3. The van der Waals surface area contributed by atoms with Crippen LogP contribution in [-0.2, 0) is 0 Å². The molecule has 0 atom stereocenters. The number of pyridine rings is 5. The Balaban J connectivity index is 0.000000165. The summed E-state index contributed by atoms with van der Waals surface area (Å²) in [5, 5.41) is 7.92. The summed E-state index contributed by atoms with van der Waals surface area (Å²) < 4.78 is 4.06. The zero-order valence-electron chi connectivity index (χ0n) is 51.7. The molecule has 0 aliphatic heterocycles. The van der Waals surface area contributed by atoms with Crippen LogP contribution >= 0.6 is 0 Å². The highest BCUT2D eigenvalue weighted by Crippen LogP contribution is 2.40. The maximum absolute atomic E-state index is 13.5. The maximum Gasteiger partial charge on any atom is 0.196 e. The highest BCUT2D eigenvalue weighted by Gasteiger charge is 2.28. The number of allylic oxidation sites excluding steroid dienone is 1. The number of anilines is 7. The van der Waals surface area contributed by atoms with E-state index in [0.717, 1.165) is 92.4 Å². The van der Waals surface area contributed by atoms with Gasteiger partial charge in [0.2, 0.25) is 0 Å². The number of rotatable bonds is 13. The first-order chi connectivity index (χ1) is 42.5. The summed E-state index contributed by atoms with van der Waals surface area (Å²) in [5.41, 5.74) is 12.5. The van der Waals surface area contributed by atoms with Gasteiger partial charge in [-0.05, 0) is 154 Å². The van der Waals surface area contributed by atoms with E-state index in [4.69, 9.17) is 4.98 Å². The van der Waals surface area contributed by atoms with E-state index in [9.17, 15) is 14.4 Å². The number of carbonyl (C=O) groups is 1. The van der Waals surface area contributed by atoms with E-state index in [2.05, 4.69) is 26.7 Å². The molecule has 11 aromatic rings. The third-order valence-electron chi connectivity index (χ3n) is 15.1. The molecule has 6 aromatic carbocycles. The van der Waals surface area contributed by atoms with E-state index in [0.29, 0.717) is 33.5 Å². The number of para-hydroxylation sites is 6. The molecule has 2 N–H and O–H groups in total. The van der Waals surface area contributed by atoms with Gasteiger partial charge in [0, 0.05) is 90.2 Å². The minimum absolute atomic E-state index is 0.0104. The van der Waals surface area contributed by atoms with Crippen molar-refractivity contribution >= 4 is 68.1 Å². The van der Waals surface area contributed by atoms with Gasteiger partial charge in [-0.2, -0.15) is 0 Å². The van der Waals surface area contributed by atoms with Crippen LogP contribution in [0.4, 0.5) is 40.2 Å². The first-order valence-electron chi connectivity index (χ1n) is 30.0. The van der Waals surface area contributed by atoms with Crippen LogP contribution in [0.25, 0.3) is 33.4 Å². The Morgan fingerprint density at radius 1 is 0.552 bits per heavy atom. The molecule has 0 spiro atoms. The summed E-state index contributed by atoms with van der Waals surface area (Å²) in [4.78, 5) is 57.4. The van der Waals surface area contributed by atoms with Crippen LogP contribution < -0.4 is 31.3 Å². The summed E-state index contributed by atoms with van der Waals surface area (Å²) in [5.74, 6) is 2.63. The Morgan fingerprint density at radius 3 is 1.55 bits per heavy atom. The highest BCUT2D eigenvalue weighted by atomic mass is 16.1. The van der Waals surface area contributed by atoms with E-state index < -0.39 is 0 Å². The van der Waals surface area contributed by atoms with E-state index >= 15 is 0 Å². The molecule has 1 aliphatic carbocycles. The molecule has 1 saturated carbocycles. The van der Waals surface area contributed by atoms with Crippen LogP contribution in [0.15, 0.2) is 241 Å². The molecular formula is C75H79N9O3. The standard InChI is InChI=1S/C27H29N3O.2C22H19N3O.2C2H6/c1-20-19-24(21-11-9-10-12-21)26(25(31)17-18-28-22-13-5-3-6-14-22)27(29-20)30(2)23-15-7-4-8-16-23;1-16-13-14-23-22-21(16)19(26)15-20(24(2)17-9-5-3-6-10-17)25(22)18-11-7-4-8-12-18;1-15-13-14-23-22-19(15)20(26)16(2)21(24-17-9-5-3-6-10-17)25(22)18-11-7-4-8-12-18;2*1-2/h3-8,13-19,21,28H,9-12H2,1-2H3;3-15H,1-2H3;3-14,24H,1-2H3;2*1-2H3/b18-17+;;;;. The summed E-state index contributed by atoms with van der Waals surface area (Å²) in [6.45, 7) is 15.8. The Kier molecular flexibility index (Phi) is 22.1. The number of aromatic nitrogens is 5. The number of hydrogen-bond acceptors (Lipinski definition) is 10. The molecule has 1 aliphatic rings. The predicted octanol–water partition coefficient (Wildman–Crippen LogP) is 17.9. The van der Waals surface area contributed by atoms with Gasteiger partial charge in [0.1, 0.15) is 28.7 Å². The van der Waals surface area contributed by atoms with Crippen LogP contribution in [-0.4, -0.2) is 44.0 Å². The zero-order chi connectivity index (χ0) is 61.8. The van der Waals surface area contributed by atoms with Crippen LogP contribution in [0.5, 0.6) is 0 Å². The van der Waals surface area contributed by atoms with Gasteiger partial charge in [0.25, 0.3) is 0 Å². The smallest absolute Gasteiger partial charge is 0.196 e. The molecule has 0 bridgehead atoms. The lowest BCUT2D eigenvalue weighted by molar-refractivity contribution is 0.104. The normalized spacial score (nSPS) is 11.7. The van der Waals surface area contributed by atoms with Crippen LogP contribution in [0, 0.1) is 27.7 Å². The third-order valence-corrected chi connectivity index (χ3v) is 15.1. The average Bonchev–Trinajstić information content (AvgIpc) is 1.15. The Bertz CT molecular complexity index is 4170. The quantitative estimate of drug-likeness (QED) is 0.0850. The van der Waals surface area contributed by atoms with Gasteiger partial charge >= 0.3 is 0 Å². The average molecular weight is 1150 g/mol. The maximum atomic E-state index is 13.5. The molecule has 12 heteroatoms. The van der Waals surface area contributed by atoms with E-state index in [1.54, 1.807) is 30.7 Å². The van der Waals surface area contributed by atoms with Crippen molar-refractivity contribution in [3.8, 4) is 11.4 Å². The summed E-state index contributed by atoms with van der Waals surface area (Å²) in [6, 6.07) is 67.3. The predicted molar refractivity (Wildman–Crippen MR) is 364 cm³/mol. The lowest BCUT2D eigenvalue weighted by Gasteiger charge is -2.25. The molecule has 12 nitrogen and oxygen atoms in total. The first kappa shape index (κ1) is 62.8. The molecule has 442 valence electrons.